The van der Waals surface area contributed by atoms with Crippen molar-refractivity contribution in [3.05, 3.63) is 78.1 Å². The molecule has 1 aliphatic rings. The minimum Gasteiger partial charge on any atom is -0.398 e. The van der Waals surface area contributed by atoms with Crippen molar-refractivity contribution in [1.29, 1.82) is 0 Å². The number of carbonyl (C=O) groups is 1. The van der Waals surface area contributed by atoms with Crippen LogP contribution in [0.5, 0.6) is 0 Å². The predicted octanol–water partition coefficient (Wildman–Crippen LogP) is 4.35. The number of benzene rings is 2. The van der Waals surface area contributed by atoms with Crippen molar-refractivity contribution in [2.24, 2.45) is 0 Å². The number of hydrogen-bond acceptors (Lipinski definition) is 4. The lowest BCUT2D eigenvalue weighted by molar-refractivity contribution is -0.115. The van der Waals surface area contributed by atoms with Gasteiger partial charge in [0.15, 0.2) is 0 Å². The average molecular weight is 422 g/mol. The van der Waals surface area contributed by atoms with Crippen LogP contribution in [-0.4, -0.2) is 34.8 Å². The highest BCUT2D eigenvalue weighted by atomic mass is 19.3. The smallest absolute Gasteiger partial charge is 0.261 e. The van der Waals surface area contributed by atoms with E-state index in [2.05, 4.69) is 10.3 Å². The summed E-state index contributed by atoms with van der Waals surface area (Å²) < 4.78 is 26.9. The molecule has 4 rings (SSSR count). The second-order valence-corrected chi connectivity index (χ2v) is 7.90. The van der Waals surface area contributed by atoms with E-state index in [0.29, 0.717) is 18.8 Å². The molecular weight excluding hydrogens is 398 g/mol. The van der Waals surface area contributed by atoms with Crippen molar-refractivity contribution in [2.45, 2.75) is 25.3 Å². The maximum Gasteiger partial charge on any atom is 0.261 e. The first-order valence-electron chi connectivity index (χ1n) is 10.2. The molecule has 1 fully saturated rings. The Morgan fingerprint density at radius 2 is 1.90 bits per heavy atom. The maximum absolute atomic E-state index is 13.5. The van der Waals surface area contributed by atoms with Crippen LogP contribution in [0.4, 0.5) is 20.2 Å². The van der Waals surface area contributed by atoms with Crippen LogP contribution in [0.15, 0.2) is 67.0 Å². The fourth-order valence-corrected chi connectivity index (χ4v) is 3.77. The second-order valence-electron chi connectivity index (χ2n) is 7.90. The number of nitrogens with one attached hydrogen (secondary N) is 1. The fourth-order valence-electron chi connectivity index (χ4n) is 3.77. The predicted molar refractivity (Wildman–Crippen MR) is 118 cm³/mol. The number of rotatable bonds is 6. The SMILES string of the molecule is Nc1ccc(-c2cncc(CN3CCC(F)(F)C3)c2)cc1CC(=O)Nc1ccccc1. The molecule has 160 valence electrons. The molecule has 3 aromatic rings. The first kappa shape index (κ1) is 20.9. The van der Waals surface area contributed by atoms with Crippen molar-refractivity contribution in [2.75, 3.05) is 24.1 Å². The Kier molecular flexibility index (Phi) is 5.95. The van der Waals surface area contributed by atoms with Gasteiger partial charge < -0.3 is 11.1 Å². The van der Waals surface area contributed by atoms with Crippen LogP contribution < -0.4 is 11.1 Å². The van der Waals surface area contributed by atoms with Gasteiger partial charge in [0.05, 0.1) is 13.0 Å². The van der Waals surface area contributed by atoms with Gasteiger partial charge in [-0.3, -0.25) is 14.7 Å². The van der Waals surface area contributed by atoms with Gasteiger partial charge in [0, 0.05) is 48.8 Å². The van der Waals surface area contributed by atoms with Crippen molar-refractivity contribution >= 4 is 17.3 Å². The molecule has 1 aromatic heterocycles. The lowest BCUT2D eigenvalue weighted by Gasteiger charge is -2.16. The maximum atomic E-state index is 13.5. The minimum atomic E-state index is -2.61. The molecule has 0 radical (unpaired) electrons. The topological polar surface area (TPSA) is 71.2 Å². The number of amides is 1. The van der Waals surface area contributed by atoms with Gasteiger partial charge in [0.2, 0.25) is 5.91 Å². The molecular formula is C24H24F2N4O. The van der Waals surface area contributed by atoms with E-state index in [9.17, 15) is 13.6 Å². The number of aromatic nitrogens is 1. The standard InChI is InChI=1S/C24H24F2N4O/c25-24(26)8-9-30(16-24)15-17-10-20(14-28-13-17)18-6-7-22(27)19(11-18)12-23(31)29-21-4-2-1-3-5-21/h1-7,10-11,13-14H,8-9,12,15-16,27H2,(H,29,31). The molecule has 1 amide bonds. The highest BCUT2D eigenvalue weighted by Crippen LogP contribution is 2.29. The van der Waals surface area contributed by atoms with Crippen LogP contribution in [0.25, 0.3) is 11.1 Å². The second kappa shape index (κ2) is 8.81. The third kappa shape index (κ3) is 5.44. The molecule has 0 bridgehead atoms. The van der Waals surface area contributed by atoms with Gasteiger partial charge in [-0.05, 0) is 47.0 Å². The van der Waals surface area contributed by atoms with Crippen LogP contribution in [0, 0.1) is 0 Å². The molecule has 0 spiro atoms. The van der Waals surface area contributed by atoms with Gasteiger partial charge in [-0.25, -0.2) is 8.78 Å². The number of anilines is 2. The highest BCUT2D eigenvalue weighted by Gasteiger charge is 2.37. The lowest BCUT2D eigenvalue weighted by Crippen LogP contribution is -2.24. The van der Waals surface area contributed by atoms with E-state index in [-0.39, 0.29) is 25.3 Å². The van der Waals surface area contributed by atoms with E-state index in [4.69, 9.17) is 5.73 Å². The van der Waals surface area contributed by atoms with Crippen molar-refractivity contribution in [1.82, 2.24) is 9.88 Å². The van der Waals surface area contributed by atoms with E-state index in [0.717, 1.165) is 27.9 Å². The van der Waals surface area contributed by atoms with Crippen molar-refractivity contribution in [3.63, 3.8) is 0 Å². The molecule has 31 heavy (non-hydrogen) atoms. The first-order valence-corrected chi connectivity index (χ1v) is 10.2. The summed E-state index contributed by atoms with van der Waals surface area (Å²) in [4.78, 5) is 18.5. The van der Waals surface area contributed by atoms with Gasteiger partial charge in [-0.15, -0.1) is 0 Å². The summed E-state index contributed by atoms with van der Waals surface area (Å²) in [6.07, 6.45) is 3.46. The Labute approximate surface area is 179 Å². The molecule has 5 nitrogen and oxygen atoms in total. The summed E-state index contributed by atoms with van der Waals surface area (Å²) >= 11 is 0. The third-order valence-electron chi connectivity index (χ3n) is 5.33. The Morgan fingerprint density at radius 1 is 1.10 bits per heavy atom. The number of alkyl halides is 2. The lowest BCUT2D eigenvalue weighted by atomic mass is 10.00. The van der Waals surface area contributed by atoms with E-state index in [1.165, 1.54) is 0 Å². The largest absolute Gasteiger partial charge is 0.398 e. The molecule has 7 heteroatoms. The van der Waals surface area contributed by atoms with Crippen LogP contribution in [0.1, 0.15) is 17.5 Å². The summed E-state index contributed by atoms with van der Waals surface area (Å²) in [5.41, 5.74) is 10.7. The van der Waals surface area contributed by atoms with Crippen molar-refractivity contribution in [3.8, 4) is 11.1 Å². The summed E-state index contributed by atoms with van der Waals surface area (Å²) in [5.74, 6) is -2.77. The number of halogens is 2. The molecule has 0 saturated carbocycles. The first-order chi connectivity index (χ1) is 14.9. The number of para-hydroxylation sites is 1. The van der Waals surface area contributed by atoms with E-state index < -0.39 is 5.92 Å². The average Bonchev–Trinajstić information content (AvgIpc) is 3.08. The van der Waals surface area contributed by atoms with Crippen LogP contribution in [-0.2, 0) is 17.8 Å². The molecule has 0 aliphatic carbocycles. The van der Waals surface area contributed by atoms with Crippen LogP contribution in [0.2, 0.25) is 0 Å². The van der Waals surface area contributed by atoms with Gasteiger partial charge in [0.25, 0.3) is 5.92 Å². The van der Waals surface area contributed by atoms with Gasteiger partial charge in [0.1, 0.15) is 0 Å². The number of nitrogens with zero attached hydrogens (tertiary/aromatic N) is 2. The number of pyridine rings is 1. The monoisotopic (exact) mass is 422 g/mol. The van der Waals surface area contributed by atoms with Crippen LogP contribution >= 0.6 is 0 Å². The number of nitrogen functional groups attached to an aromatic ring is 1. The molecule has 3 N–H and O–H groups in total. The molecule has 1 aliphatic heterocycles. The number of hydrogen-bond donors (Lipinski definition) is 2. The zero-order valence-electron chi connectivity index (χ0n) is 17.0. The van der Waals surface area contributed by atoms with E-state index in [1.54, 1.807) is 23.4 Å². The Morgan fingerprint density at radius 3 is 2.65 bits per heavy atom. The molecule has 0 unspecified atom stereocenters. The zero-order valence-corrected chi connectivity index (χ0v) is 17.0. The minimum absolute atomic E-state index is 0.105. The normalized spacial score (nSPS) is 15.7. The molecule has 1 saturated heterocycles. The highest BCUT2D eigenvalue weighted by molar-refractivity contribution is 5.93. The molecule has 2 aromatic carbocycles. The summed E-state index contributed by atoms with van der Waals surface area (Å²) in [6, 6.07) is 16.7. The number of nitrogens with two attached hydrogens (primary N) is 1. The summed E-state index contributed by atoms with van der Waals surface area (Å²) in [7, 11) is 0. The molecule has 2 heterocycles. The fraction of sp³-hybridized carbons (Fsp3) is 0.250. The third-order valence-corrected chi connectivity index (χ3v) is 5.33. The Hall–Kier alpha value is -3.32. The summed E-state index contributed by atoms with van der Waals surface area (Å²) in [5, 5.41) is 2.86. The van der Waals surface area contributed by atoms with E-state index in [1.807, 2.05) is 48.5 Å². The Bertz CT molecular complexity index is 1070. The quantitative estimate of drug-likeness (QED) is 0.580. The number of likely N-dealkylation sites (tertiary alicyclic amines) is 1. The van der Waals surface area contributed by atoms with Crippen LogP contribution in [0.3, 0.4) is 0 Å². The van der Waals surface area contributed by atoms with Gasteiger partial charge in [-0.2, -0.15) is 0 Å². The van der Waals surface area contributed by atoms with Gasteiger partial charge >= 0.3 is 0 Å². The Balaban J connectivity index is 1.48. The summed E-state index contributed by atoms with van der Waals surface area (Å²) in [6.45, 7) is 0.581. The van der Waals surface area contributed by atoms with E-state index >= 15 is 0 Å². The van der Waals surface area contributed by atoms with Crippen molar-refractivity contribution < 1.29 is 13.6 Å². The number of carbonyl (C=O) groups excluding carboxylic acids is 1. The molecule has 0 atom stereocenters. The zero-order chi connectivity index (χ0) is 21.8. The van der Waals surface area contributed by atoms with Gasteiger partial charge in [-0.1, -0.05) is 24.3 Å².